The van der Waals surface area contributed by atoms with Gasteiger partial charge in [0.15, 0.2) is 0 Å². The molecule has 0 amide bonds. The molecule has 0 saturated carbocycles. The van der Waals surface area contributed by atoms with Crippen LogP contribution in [0, 0.1) is 0 Å². The van der Waals surface area contributed by atoms with Crippen LogP contribution in [-0.4, -0.2) is 22.2 Å². The molecule has 2 unspecified atom stereocenters. The van der Waals surface area contributed by atoms with Crippen molar-refractivity contribution in [1.82, 2.24) is 0 Å². The van der Waals surface area contributed by atoms with Gasteiger partial charge < -0.3 is 10.2 Å². The second-order valence-electron chi connectivity index (χ2n) is 5.86. The number of carbonyl (C=O) groups is 2. The number of hydrogen-bond acceptors (Lipinski definition) is 4. The lowest BCUT2D eigenvalue weighted by molar-refractivity contribution is -0.138. The van der Waals surface area contributed by atoms with E-state index in [0.717, 1.165) is 11.1 Å². The molecule has 2 aromatic carbocycles. The van der Waals surface area contributed by atoms with Gasteiger partial charge in [-0.2, -0.15) is 0 Å². The van der Waals surface area contributed by atoms with Crippen LogP contribution in [-0.2, 0) is 9.59 Å². The van der Waals surface area contributed by atoms with Crippen LogP contribution in [0.2, 0.25) is 0 Å². The van der Waals surface area contributed by atoms with Crippen LogP contribution < -0.4 is 0 Å². The Morgan fingerprint density at radius 3 is 1.35 bits per heavy atom. The Balaban J connectivity index is 2.08. The van der Waals surface area contributed by atoms with Gasteiger partial charge in [0.25, 0.3) is 0 Å². The summed E-state index contributed by atoms with van der Waals surface area (Å²) in [6.45, 7) is 0. The van der Waals surface area contributed by atoms with Gasteiger partial charge in [-0.3, -0.25) is 9.59 Å². The summed E-state index contributed by atoms with van der Waals surface area (Å²) in [6, 6.07) is 19.7. The first kappa shape index (κ1) is 20.4. The first-order valence-corrected chi connectivity index (χ1v) is 10.7. The first-order chi connectivity index (χ1) is 12.6. The third-order valence-electron chi connectivity index (χ3n) is 3.87. The monoisotopic (exact) mass is 390 g/mol. The van der Waals surface area contributed by atoms with Crippen LogP contribution in [0.15, 0.2) is 60.7 Å². The van der Waals surface area contributed by atoms with Gasteiger partial charge in [0.2, 0.25) is 0 Å². The predicted molar refractivity (Wildman–Crippen MR) is 107 cm³/mol. The fourth-order valence-corrected chi connectivity index (χ4v) is 5.80. The molecule has 2 rings (SSSR count). The molecule has 0 aromatic heterocycles. The van der Waals surface area contributed by atoms with E-state index in [2.05, 4.69) is 0 Å². The summed E-state index contributed by atoms with van der Waals surface area (Å²) in [7, 11) is 3.26. The van der Waals surface area contributed by atoms with E-state index >= 15 is 0 Å². The van der Waals surface area contributed by atoms with Gasteiger partial charge in [0, 0.05) is 23.3 Å². The average Bonchev–Trinajstić information content (AvgIpc) is 2.65. The van der Waals surface area contributed by atoms with E-state index in [4.69, 9.17) is 10.2 Å². The van der Waals surface area contributed by atoms with Gasteiger partial charge in [0.05, 0.1) is 0 Å². The average molecular weight is 391 g/mol. The molecule has 0 aliphatic rings. The SMILES string of the molecule is O=C(O)CCC(SSC(CCC(=O)O)c1ccccc1)c1ccccc1. The molecule has 6 heteroatoms. The van der Waals surface area contributed by atoms with Gasteiger partial charge in [-0.05, 0) is 24.0 Å². The smallest absolute Gasteiger partial charge is 0.303 e. The zero-order chi connectivity index (χ0) is 18.8. The molecule has 0 radical (unpaired) electrons. The van der Waals surface area contributed by atoms with E-state index in [-0.39, 0.29) is 23.3 Å². The molecule has 0 saturated heterocycles. The van der Waals surface area contributed by atoms with Crippen LogP contribution in [0.5, 0.6) is 0 Å². The summed E-state index contributed by atoms with van der Waals surface area (Å²) in [6.07, 6.45) is 1.30. The molecule has 138 valence electrons. The molecule has 2 N–H and O–H groups in total. The van der Waals surface area contributed by atoms with Gasteiger partial charge in [-0.15, -0.1) is 0 Å². The van der Waals surface area contributed by atoms with Crippen LogP contribution in [0.3, 0.4) is 0 Å². The Morgan fingerprint density at radius 1 is 0.692 bits per heavy atom. The number of carboxylic acids is 2. The maximum Gasteiger partial charge on any atom is 0.303 e. The minimum Gasteiger partial charge on any atom is -0.481 e. The first-order valence-electron chi connectivity index (χ1n) is 8.42. The summed E-state index contributed by atoms with van der Waals surface area (Å²) >= 11 is 0. The minimum absolute atomic E-state index is 0.0494. The zero-order valence-electron chi connectivity index (χ0n) is 14.3. The normalized spacial score (nSPS) is 13.1. The second kappa shape index (κ2) is 10.9. The lowest BCUT2D eigenvalue weighted by Crippen LogP contribution is -2.02. The van der Waals surface area contributed by atoms with Crippen molar-refractivity contribution in [2.24, 2.45) is 0 Å². The summed E-state index contributed by atoms with van der Waals surface area (Å²) in [5.41, 5.74) is 2.19. The van der Waals surface area contributed by atoms with Crippen LogP contribution in [0.1, 0.15) is 47.3 Å². The van der Waals surface area contributed by atoms with E-state index in [1.165, 1.54) is 0 Å². The Morgan fingerprint density at radius 2 is 1.04 bits per heavy atom. The maximum absolute atomic E-state index is 11.0. The van der Waals surface area contributed by atoms with E-state index in [9.17, 15) is 9.59 Å². The Kier molecular flexibility index (Phi) is 8.58. The van der Waals surface area contributed by atoms with Gasteiger partial charge in [-0.25, -0.2) is 0 Å². The molecule has 2 atom stereocenters. The Bertz CT molecular complexity index is 630. The lowest BCUT2D eigenvalue weighted by Gasteiger charge is -2.20. The van der Waals surface area contributed by atoms with Crippen molar-refractivity contribution in [3.8, 4) is 0 Å². The topological polar surface area (TPSA) is 74.6 Å². The molecule has 4 nitrogen and oxygen atoms in total. The molecule has 0 aliphatic carbocycles. The van der Waals surface area contributed by atoms with Crippen LogP contribution in [0.4, 0.5) is 0 Å². The highest BCUT2D eigenvalue weighted by molar-refractivity contribution is 8.76. The minimum atomic E-state index is -0.804. The van der Waals surface area contributed by atoms with E-state index < -0.39 is 11.9 Å². The van der Waals surface area contributed by atoms with Crippen molar-refractivity contribution in [3.63, 3.8) is 0 Å². The molecular formula is C20H22O4S2. The van der Waals surface area contributed by atoms with E-state index in [1.54, 1.807) is 21.6 Å². The summed E-state index contributed by atoms with van der Waals surface area (Å²) in [5.74, 6) is -1.61. The number of benzene rings is 2. The number of carboxylic acid groups (broad SMARTS) is 2. The van der Waals surface area contributed by atoms with Crippen LogP contribution in [0.25, 0.3) is 0 Å². The summed E-state index contributed by atoms with van der Waals surface area (Å²) in [4.78, 5) is 22.0. The maximum atomic E-state index is 11.0. The van der Waals surface area contributed by atoms with Gasteiger partial charge in [0.1, 0.15) is 0 Å². The zero-order valence-corrected chi connectivity index (χ0v) is 15.9. The molecule has 0 fully saturated rings. The number of aliphatic carboxylic acids is 2. The highest BCUT2D eigenvalue weighted by atomic mass is 33.1. The summed E-state index contributed by atoms with van der Waals surface area (Å²) < 4.78 is 0. The standard InChI is InChI=1S/C20H22O4S2/c21-19(22)13-11-17(15-7-3-1-4-8-15)25-26-18(12-14-20(23)24)16-9-5-2-6-10-16/h1-10,17-18H,11-14H2,(H,21,22)(H,23,24). The quantitative estimate of drug-likeness (QED) is 0.488. The van der Waals surface area contributed by atoms with Crippen molar-refractivity contribution in [1.29, 1.82) is 0 Å². The third kappa shape index (κ3) is 7.14. The van der Waals surface area contributed by atoms with Gasteiger partial charge >= 0.3 is 11.9 Å². The third-order valence-corrected chi connectivity index (χ3v) is 7.19. The molecule has 0 spiro atoms. The molecule has 0 heterocycles. The molecule has 0 aliphatic heterocycles. The fraction of sp³-hybridized carbons (Fsp3) is 0.300. The van der Waals surface area contributed by atoms with Crippen molar-refractivity contribution < 1.29 is 19.8 Å². The largest absolute Gasteiger partial charge is 0.481 e. The van der Waals surface area contributed by atoms with Crippen LogP contribution >= 0.6 is 21.6 Å². The van der Waals surface area contributed by atoms with Crippen molar-refractivity contribution >= 4 is 33.5 Å². The lowest BCUT2D eigenvalue weighted by atomic mass is 10.1. The Labute approximate surface area is 161 Å². The van der Waals surface area contributed by atoms with Crippen molar-refractivity contribution in [2.75, 3.05) is 0 Å². The van der Waals surface area contributed by atoms with E-state index in [0.29, 0.717) is 12.8 Å². The number of rotatable bonds is 11. The molecule has 2 aromatic rings. The summed E-state index contributed by atoms with van der Waals surface area (Å²) in [5, 5.41) is 18.2. The predicted octanol–water partition coefficient (Wildman–Crippen LogP) is 5.58. The molecule has 26 heavy (non-hydrogen) atoms. The highest BCUT2D eigenvalue weighted by Gasteiger charge is 2.20. The van der Waals surface area contributed by atoms with Gasteiger partial charge in [-0.1, -0.05) is 82.3 Å². The number of hydrogen-bond donors (Lipinski definition) is 2. The molecule has 0 bridgehead atoms. The fourth-order valence-electron chi connectivity index (χ4n) is 2.52. The Hall–Kier alpha value is -1.92. The highest BCUT2D eigenvalue weighted by Crippen LogP contribution is 2.49. The van der Waals surface area contributed by atoms with Crippen molar-refractivity contribution in [3.05, 3.63) is 71.8 Å². The van der Waals surface area contributed by atoms with Crippen molar-refractivity contribution in [2.45, 2.75) is 36.2 Å². The second-order valence-corrected chi connectivity index (χ2v) is 8.53. The van der Waals surface area contributed by atoms with E-state index in [1.807, 2.05) is 60.7 Å². The molecular weight excluding hydrogens is 368 g/mol.